The quantitative estimate of drug-likeness (QED) is 0.601. The van der Waals surface area contributed by atoms with Gasteiger partial charge < -0.3 is 4.74 Å². The van der Waals surface area contributed by atoms with E-state index >= 15 is 0 Å². The van der Waals surface area contributed by atoms with Crippen LogP contribution in [0.5, 0.6) is 0 Å². The van der Waals surface area contributed by atoms with Crippen LogP contribution in [0.25, 0.3) is 0 Å². The zero-order chi connectivity index (χ0) is 18.0. The third kappa shape index (κ3) is 2.82. The molecule has 2 nitrogen and oxygen atoms in total. The minimum absolute atomic E-state index is 0.0214. The van der Waals surface area contributed by atoms with Crippen molar-refractivity contribution in [1.82, 2.24) is 0 Å². The van der Waals surface area contributed by atoms with Gasteiger partial charge in [0.05, 0.1) is 11.7 Å². The smallest absolute Gasteiger partial charge is 0.139 e. The lowest BCUT2D eigenvalue weighted by Crippen LogP contribution is -2.54. The largest absolute Gasteiger partial charge is 0.373 e. The number of fused-ring (bicyclic) bond motifs is 5. The number of carbonyl (C=O) groups excluding carboxylic acids is 1. The van der Waals surface area contributed by atoms with Crippen molar-refractivity contribution in [2.75, 3.05) is 0 Å². The van der Waals surface area contributed by atoms with Crippen LogP contribution in [-0.2, 0) is 9.53 Å². The van der Waals surface area contributed by atoms with Gasteiger partial charge >= 0.3 is 0 Å². The fraction of sp³-hybridized carbons (Fsp3) is 0.957. The Kier molecular flexibility index (Phi) is 4.19. The van der Waals surface area contributed by atoms with Crippen molar-refractivity contribution in [3.63, 3.8) is 0 Å². The molecule has 4 aliphatic carbocycles. The summed E-state index contributed by atoms with van der Waals surface area (Å²) in [4.78, 5) is 12.5. The van der Waals surface area contributed by atoms with Gasteiger partial charge in [0, 0.05) is 11.8 Å². The lowest BCUT2D eigenvalue weighted by Gasteiger charge is -2.60. The van der Waals surface area contributed by atoms with E-state index in [-0.39, 0.29) is 11.0 Å². The molecule has 4 fully saturated rings. The van der Waals surface area contributed by atoms with Gasteiger partial charge in [-0.25, -0.2) is 0 Å². The van der Waals surface area contributed by atoms with Crippen molar-refractivity contribution in [3.8, 4) is 0 Å². The molecule has 0 aromatic rings. The highest BCUT2D eigenvalue weighted by molar-refractivity contribution is 5.87. The van der Waals surface area contributed by atoms with Crippen molar-refractivity contribution in [1.29, 1.82) is 0 Å². The third-order valence-electron chi connectivity index (χ3n) is 8.85. The van der Waals surface area contributed by atoms with E-state index in [0.29, 0.717) is 23.2 Å². The second-order valence-electron chi connectivity index (χ2n) is 11.2. The van der Waals surface area contributed by atoms with Crippen LogP contribution in [0.2, 0.25) is 0 Å². The minimum atomic E-state index is -0.0214. The first-order valence-electron chi connectivity index (χ1n) is 10.8. The molecule has 25 heavy (non-hydrogen) atoms. The number of rotatable bonds is 1. The molecule has 0 spiro atoms. The molecule has 0 N–H and O–H groups in total. The Labute approximate surface area is 154 Å². The van der Waals surface area contributed by atoms with Crippen molar-refractivity contribution >= 4 is 5.78 Å². The van der Waals surface area contributed by atoms with E-state index in [1.54, 1.807) is 0 Å². The molecule has 2 heteroatoms. The molecule has 0 amide bonds. The zero-order valence-corrected chi connectivity index (χ0v) is 17.1. The lowest BCUT2D eigenvalue weighted by atomic mass is 9.45. The first-order valence-corrected chi connectivity index (χ1v) is 10.8. The van der Waals surface area contributed by atoms with E-state index < -0.39 is 0 Å². The Hall–Kier alpha value is -0.370. The average Bonchev–Trinajstić information content (AvgIpc) is 2.82. The molecule has 0 heterocycles. The molecule has 0 aromatic heterocycles. The lowest BCUT2D eigenvalue weighted by molar-refractivity contribution is -0.155. The first-order chi connectivity index (χ1) is 11.6. The van der Waals surface area contributed by atoms with Gasteiger partial charge in [-0.15, -0.1) is 0 Å². The molecular weight excluding hydrogens is 308 g/mol. The second kappa shape index (κ2) is 5.81. The number of ketones is 1. The molecule has 0 unspecified atom stereocenters. The summed E-state index contributed by atoms with van der Waals surface area (Å²) >= 11 is 0. The normalized spacial score (nSPS) is 50.1. The fourth-order valence-corrected chi connectivity index (χ4v) is 7.60. The maximum Gasteiger partial charge on any atom is 0.139 e. The van der Waals surface area contributed by atoms with Crippen LogP contribution >= 0.6 is 0 Å². The number of hydrogen-bond acceptors (Lipinski definition) is 2. The number of Topliss-reactive ketones (excluding diaryl/α,β-unsaturated/α-hetero) is 1. The predicted octanol–water partition coefficient (Wildman–Crippen LogP) is 5.78. The predicted molar refractivity (Wildman–Crippen MR) is 101 cm³/mol. The van der Waals surface area contributed by atoms with Crippen molar-refractivity contribution in [2.24, 2.45) is 34.5 Å². The summed E-state index contributed by atoms with van der Waals surface area (Å²) in [5.41, 5.74) is 0.497. The van der Waals surface area contributed by atoms with Crippen LogP contribution < -0.4 is 0 Å². The van der Waals surface area contributed by atoms with Gasteiger partial charge in [0.25, 0.3) is 0 Å². The second-order valence-corrected chi connectivity index (χ2v) is 11.2. The van der Waals surface area contributed by atoms with Gasteiger partial charge in [0.15, 0.2) is 0 Å². The average molecular weight is 347 g/mol. The Morgan fingerprint density at radius 3 is 2.44 bits per heavy atom. The topological polar surface area (TPSA) is 26.3 Å². The van der Waals surface area contributed by atoms with Crippen LogP contribution in [0.1, 0.15) is 92.4 Å². The van der Waals surface area contributed by atoms with Gasteiger partial charge in [0.2, 0.25) is 0 Å². The zero-order valence-electron chi connectivity index (χ0n) is 17.1. The third-order valence-corrected chi connectivity index (χ3v) is 8.85. The molecule has 0 aromatic carbocycles. The van der Waals surface area contributed by atoms with Crippen molar-refractivity contribution in [2.45, 2.75) is 104 Å². The molecule has 4 aliphatic rings. The van der Waals surface area contributed by atoms with E-state index in [1.165, 1.54) is 44.9 Å². The molecule has 4 saturated carbocycles. The summed E-state index contributed by atoms with van der Waals surface area (Å²) < 4.78 is 6.36. The standard InChI is InChI=1S/C23H38O2/c1-21(2,3)25-16-10-12-22(4)15(14-16)6-7-17-18-8-9-20(24)23(18,5)13-11-19(17)22/h15-19H,6-14H2,1-5H3/t15-,16+,17-,18+,19+,22-,23-/m0/s1. The molecular formula is C23H38O2. The van der Waals surface area contributed by atoms with Crippen LogP contribution in [0.4, 0.5) is 0 Å². The minimum Gasteiger partial charge on any atom is -0.373 e. The Bertz CT molecular complexity index is 547. The molecule has 4 rings (SSSR count). The number of hydrogen-bond donors (Lipinski definition) is 0. The fourth-order valence-electron chi connectivity index (χ4n) is 7.60. The number of ether oxygens (including phenoxy) is 1. The summed E-state index contributed by atoms with van der Waals surface area (Å²) in [6.07, 6.45) is 11.5. The van der Waals surface area contributed by atoms with Crippen LogP contribution in [0.3, 0.4) is 0 Å². The van der Waals surface area contributed by atoms with Gasteiger partial charge in [-0.3, -0.25) is 4.79 Å². The maximum atomic E-state index is 12.5. The Balaban J connectivity index is 1.52. The highest BCUT2D eigenvalue weighted by atomic mass is 16.5. The maximum absolute atomic E-state index is 12.5. The summed E-state index contributed by atoms with van der Waals surface area (Å²) in [5, 5.41) is 0. The summed E-state index contributed by atoms with van der Waals surface area (Å²) in [7, 11) is 0. The monoisotopic (exact) mass is 346 g/mol. The van der Waals surface area contributed by atoms with Crippen LogP contribution in [0, 0.1) is 34.5 Å². The molecule has 0 aliphatic heterocycles. The first kappa shape index (κ1) is 18.0. The highest BCUT2D eigenvalue weighted by Gasteiger charge is 2.60. The molecule has 0 bridgehead atoms. The van der Waals surface area contributed by atoms with Crippen LogP contribution in [-0.4, -0.2) is 17.5 Å². The van der Waals surface area contributed by atoms with E-state index in [0.717, 1.165) is 30.6 Å². The summed E-state index contributed by atoms with van der Waals surface area (Å²) in [6.45, 7) is 11.5. The van der Waals surface area contributed by atoms with Gasteiger partial charge in [-0.1, -0.05) is 13.8 Å². The van der Waals surface area contributed by atoms with Gasteiger partial charge in [-0.05, 0) is 101 Å². The van der Waals surface area contributed by atoms with Crippen LogP contribution in [0.15, 0.2) is 0 Å². The summed E-state index contributed by atoms with van der Waals surface area (Å²) in [6, 6.07) is 0. The van der Waals surface area contributed by atoms with Gasteiger partial charge in [0.1, 0.15) is 5.78 Å². The molecule has 0 radical (unpaired) electrons. The molecule has 142 valence electrons. The van der Waals surface area contributed by atoms with E-state index in [2.05, 4.69) is 34.6 Å². The van der Waals surface area contributed by atoms with Crippen molar-refractivity contribution in [3.05, 3.63) is 0 Å². The molecule has 7 atom stereocenters. The SMILES string of the molecule is CC(C)(C)O[C@@H]1CC[C@@]2(C)[C@@H](CC[C@@H]3[C@H]2CC[C@]2(C)C(=O)CC[C@H]32)C1. The number of carbonyl (C=O) groups is 1. The Morgan fingerprint density at radius 2 is 1.72 bits per heavy atom. The Morgan fingerprint density at radius 1 is 0.960 bits per heavy atom. The van der Waals surface area contributed by atoms with E-state index in [4.69, 9.17) is 4.74 Å². The summed E-state index contributed by atoms with van der Waals surface area (Å²) in [5.74, 6) is 3.75. The molecule has 0 saturated heterocycles. The van der Waals surface area contributed by atoms with Crippen molar-refractivity contribution < 1.29 is 9.53 Å². The highest BCUT2D eigenvalue weighted by Crippen LogP contribution is 2.65. The van der Waals surface area contributed by atoms with E-state index in [9.17, 15) is 4.79 Å². The van der Waals surface area contributed by atoms with E-state index in [1.807, 2.05) is 0 Å². The van der Waals surface area contributed by atoms with Gasteiger partial charge in [-0.2, -0.15) is 0 Å².